The normalized spacial score (nSPS) is 11.8. The smallest absolute Gasteiger partial charge is 0.264 e. The van der Waals surface area contributed by atoms with Crippen LogP contribution in [0, 0.1) is 0 Å². The van der Waals surface area contributed by atoms with Crippen molar-refractivity contribution in [3.63, 3.8) is 0 Å². The van der Waals surface area contributed by atoms with Gasteiger partial charge in [0.15, 0.2) is 11.5 Å². The SMILES string of the molecule is CCCNC(=O)[C@H](C)N(Cc1cccc(Cl)c1)C(=O)CN(c1ccc(OCC)cc1)S(=O)(=O)c1ccc(OC)c(OC)c1. The van der Waals surface area contributed by atoms with Crippen molar-refractivity contribution in [2.75, 3.05) is 38.2 Å². The van der Waals surface area contributed by atoms with Gasteiger partial charge in [-0.3, -0.25) is 13.9 Å². The Bertz CT molecular complexity index is 1500. The van der Waals surface area contributed by atoms with Crippen molar-refractivity contribution in [1.82, 2.24) is 10.2 Å². The predicted molar refractivity (Wildman–Crippen MR) is 166 cm³/mol. The third kappa shape index (κ3) is 8.55. The summed E-state index contributed by atoms with van der Waals surface area (Å²) < 4.78 is 45.4. The molecule has 10 nitrogen and oxygen atoms in total. The fraction of sp³-hybridized carbons (Fsp3) is 0.355. The number of anilines is 1. The highest BCUT2D eigenvalue weighted by Gasteiger charge is 2.33. The van der Waals surface area contributed by atoms with E-state index in [9.17, 15) is 18.0 Å². The van der Waals surface area contributed by atoms with Gasteiger partial charge in [0.1, 0.15) is 18.3 Å². The van der Waals surface area contributed by atoms with Gasteiger partial charge >= 0.3 is 0 Å². The first-order chi connectivity index (χ1) is 20.5. The molecule has 1 atom stereocenters. The minimum Gasteiger partial charge on any atom is -0.494 e. The van der Waals surface area contributed by atoms with Crippen LogP contribution in [0.5, 0.6) is 17.2 Å². The number of benzene rings is 3. The van der Waals surface area contributed by atoms with Crippen LogP contribution in [0.1, 0.15) is 32.8 Å². The first kappa shape index (κ1) is 33.5. The monoisotopic (exact) mass is 631 g/mol. The van der Waals surface area contributed by atoms with Crippen LogP contribution in [0.2, 0.25) is 5.02 Å². The summed E-state index contributed by atoms with van der Waals surface area (Å²) in [6.07, 6.45) is 0.718. The second-order valence-electron chi connectivity index (χ2n) is 9.57. The zero-order valence-corrected chi connectivity index (χ0v) is 26.6. The molecule has 0 aliphatic heterocycles. The van der Waals surface area contributed by atoms with E-state index in [2.05, 4.69) is 5.32 Å². The molecule has 0 fully saturated rings. The van der Waals surface area contributed by atoms with Gasteiger partial charge in [-0.2, -0.15) is 0 Å². The van der Waals surface area contributed by atoms with Gasteiger partial charge in [-0.1, -0.05) is 30.7 Å². The zero-order chi connectivity index (χ0) is 31.6. The van der Waals surface area contributed by atoms with Crippen molar-refractivity contribution in [1.29, 1.82) is 0 Å². The molecule has 1 N–H and O–H groups in total. The van der Waals surface area contributed by atoms with Crippen LogP contribution in [0.3, 0.4) is 0 Å². The lowest BCUT2D eigenvalue weighted by atomic mass is 10.1. The number of sulfonamides is 1. The number of nitrogens with zero attached hydrogens (tertiary/aromatic N) is 2. The number of carbonyl (C=O) groups is 2. The summed E-state index contributed by atoms with van der Waals surface area (Å²) in [7, 11) is -1.47. The van der Waals surface area contributed by atoms with Gasteiger partial charge in [-0.15, -0.1) is 0 Å². The first-order valence-electron chi connectivity index (χ1n) is 13.8. The first-order valence-corrected chi connectivity index (χ1v) is 15.7. The maximum absolute atomic E-state index is 14.1. The van der Waals surface area contributed by atoms with Crippen LogP contribution < -0.4 is 23.8 Å². The minimum absolute atomic E-state index is 0.0353. The van der Waals surface area contributed by atoms with Gasteiger partial charge in [-0.05, 0) is 74.4 Å². The molecule has 0 aromatic heterocycles. The van der Waals surface area contributed by atoms with Gasteiger partial charge < -0.3 is 24.4 Å². The van der Waals surface area contributed by atoms with Crippen LogP contribution in [0.15, 0.2) is 71.6 Å². The average Bonchev–Trinajstić information content (AvgIpc) is 3.01. The molecule has 3 rings (SSSR count). The van der Waals surface area contributed by atoms with Crippen LogP contribution >= 0.6 is 11.6 Å². The molecule has 232 valence electrons. The van der Waals surface area contributed by atoms with Gasteiger partial charge in [0.2, 0.25) is 11.8 Å². The summed E-state index contributed by atoms with van der Waals surface area (Å²) in [5.74, 6) is 0.171. The number of ether oxygens (including phenoxy) is 3. The molecule has 0 saturated carbocycles. The highest BCUT2D eigenvalue weighted by Crippen LogP contribution is 2.33. The maximum Gasteiger partial charge on any atom is 0.264 e. The number of amides is 2. The highest BCUT2D eigenvalue weighted by molar-refractivity contribution is 7.92. The van der Waals surface area contributed by atoms with Gasteiger partial charge in [-0.25, -0.2) is 8.42 Å². The predicted octanol–water partition coefficient (Wildman–Crippen LogP) is 4.89. The van der Waals surface area contributed by atoms with Gasteiger partial charge in [0.05, 0.1) is 31.4 Å². The van der Waals surface area contributed by atoms with E-state index in [0.29, 0.717) is 35.2 Å². The van der Waals surface area contributed by atoms with Crippen molar-refractivity contribution < 1.29 is 32.2 Å². The Morgan fingerprint density at radius 2 is 1.65 bits per heavy atom. The van der Waals surface area contributed by atoms with Crippen LogP contribution in [0.4, 0.5) is 5.69 Å². The van der Waals surface area contributed by atoms with Crippen molar-refractivity contribution in [2.45, 2.75) is 44.7 Å². The van der Waals surface area contributed by atoms with E-state index in [1.165, 1.54) is 37.3 Å². The van der Waals surface area contributed by atoms with Crippen LogP contribution in [-0.4, -0.2) is 65.1 Å². The third-order valence-electron chi connectivity index (χ3n) is 6.62. The molecule has 0 saturated heterocycles. The standard InChI is InChI=1S/C31H38ClN3O7S/c1-6-17-33-31(37)22(3)34(20-23-9-8-10-24(32)18-23)30(36)21-35(25-11-13-26(14-12-25)42-7-2)43(38,39)27-15-16-28(40-4)29(19-27)41-5/h8-16,18-19,22H,6-7,17,20-21H2,1-5H3,(H,33,37)/t22-/m0/s1. The number of hydrogen-bond donors (Lipinski definition) is 1. The zero-order valence-electron chi connectivity index (χ0n) is 25.0. The molecule has 43 heavy (non-hydrogen) atoms. The second kappa shape index (κ2) is 15.5. The Hall–Kier alpha value is -3.96. The number of rotatable bonds is 15. The maximum atomic E-state index is 14.1. The average molecular weight is 632 g/mol. The molecule has 12 heteroatoms. The summed E-state index contributed by atoms with van der Waals surface area (Å²) >= 11 is 6.19. The lowest BCUT2D eigenvalue weighted by molar-refractivity contribution is -0.139. The molecule has 0 spiro atoms. The highest BCUT2D eigenvalue weighted by atomic mass is 35.5. The van der Waals surface area contributed by atoms with Gasteiger partial charge in [0.25, 0.3) is 10.0 Å². The van der Waals surface area contributed by atoms with Crippen LogP contribution in [0.25, 0.3) is 0 Å². The molecule has 0 bridgehead atoms. The second-order valence-corrected chi connectivity index (χ2v) is 11.9. The Kier molecular flexibility index (Phi) is 12.1. The molecular formula is C31H38ClN3O7S. The molecule has 0 unspecified atom stereocenters. The molecule has 2 amide bonds. The number of hydrogen-bond acceptors (Lipinski definition) is 7. The molecule has 0 aliphatic carbocycles. The quantitative estimate of drug-likeness (QED) is 0.254. The Morgan fingerprint density at radius 3 is 2.26 bits per heavy atom. The third-order valence-corrected chi connectivity index (χ3v) is 8.62. The van der Waals surface area contributed by atoms with Crippen molar-refractivity contribution in [2.24, 2.45) is 0 Å². The lowest BCUT2D eigenvalue weighted by Gasteiger charge is -2.32. The van der Waals surface area contributed by atoms with E-state index in [1.807, 2.05) is 13.8 Å². The van der Waals surface area contributed by atoms with E-state index >= 15 is 0 Å². The largest absolute Gasteiger partial charge is 0.494 e. The minimum atomic E-state index is -4.32. The van der Waals surface area contributed by atoms with Crippen LogP contribution in [-0.2, 0) is 26.2 Å². The molecule has 0 heterocycles. The van der Waals surface area contributed by atoms with E-state index in [1.54, 1.807) is 55.5 Å². The summed E-state index contributed by atoms with van der Waals surface area (Å²) in [6.45, 7) is 5.69. The molecular weight excluding hydrogens is 594 g/mol. The summed E-state index contributed by atoms with van der Waals surface area (Å²) in [5, 5.41) is 3.29. The topological polar surface area (TPSA) is 114 Å². The Morgan fingerprint density at radius 1 is 0.953 bits per heavy atom. The number of carbonyl (C=O) groups excluding carboxylic acids is 2. The van der Waals surface area contributed by atoms with E-state index in [4.69, 9.17) is 25.8 Å². The summed E-state index contributed by atoms with van der Waals surface area (Å²) in [6, 6.07) is 16.6. The lowest BCUT2D eigenvalue weighted by Crippen LogP contribution is -2.51. The summed E-state index contributed by atoms with van der Waals surface area (Å²) in [4.78, 5) is 28.3. The number of halogens is 1. The van der Waals surface area contributed by atoms with Crippen molar-refractivity contribution >= 4 is 39.1 Å². The van der Waals surface area contributed by atoms with E-state index in [0.717, 1.165) is 10.7 Å². The number of methoxy groups -OCH3 is 2. The van der Waals surface area contributed by atoms with E-state index in [-0.39, 0.29) is 28.8 Å². The molecule has 0 aliphatic rings. The molecule has 3 aromatic carbocycles. The van der Waals surface area contributed by atoms with E-state index < -0.39 is 28.5 Å². The molecule has 0 radical (unpaired) electrons. The Balaban J connectivity index is 2.07. The Labute approximate surface area is 258 Å². The van der Waals surface area contributed by atoms with Gasteiger partial charge in [0, 0.05) is 24.2 Å². The molecule has 3 aromatic rings. The van der Waals surface area contributed by atoms with Crippen molar-refractivity contribution in [3.05, 3.63) is 77.3 Å². The van der Waals surface area contributed by atoms with Crippen molar-refractivity contribution in [3.8, 4) is 17.2 Å². The summed E-state index contributed by atoms with van der Waals surface area (Å²) in [5.41, 5.74) is 0.920. The number of nitrogens with one attached hydrogen (secondary N) is 1. The fourth-order valence-electron chi connectivity index (χ4n) is 4.32. The fourth-order valence-corrected chi connectivity index (χ4v) is 5.96.